The Balaban J connectivity index is 2.41. The fraction of sp³-hybridized carbons (Fsp3) is 0.500. The molecule has 0 N–H and O–H groups in total. The standard InChI is InChI=1S/C18H24BrO5P/c1-5-22-25(21,23-6-2)16-14(18(3,4)24-17(16)20)12-11-13-9-7-8-10-15(13)19/h7-12,14,16H,5-6H2,1-4H3/b12-11-. The van der Waals surface area contributed by atoms with Crippen LogP contribution in [0.1, 0.15) is 33.3 Å². The molecule has 0 aliphatic carbocycles. The van der Waals surface area contributed by atoms with Gasteiger partial charge in [-0.05, 0) is 39.3 Å². The number of carbonyl (C=O) groups excluding carboxylic acids is 1. The summed E-state index contributed by atoms with van der Waals surface area (Å²) in [6.45, 7) is 7.46. The Morgan fingerprint density at radius 3 is 2.40 bits per heavy atom. The number of carbonyl (C=O) groups is 1. The van der Waals surface area contributed by atoms with Crippen molar-refractivity contribution in [1.29, 1.82) is 0 Å². The van der Waals surface area contributed by atoms with Crippen LogP contribution < -0.4 is 0 Å². The van der Waals surface area contributed by atoms with Crippen molar-refractivity contribution in [2.45, 2.75) is 39.0 Å². The summed E-state index contributed by atoms with van der Waals surface area (Å²) < 4.78 is 30.5. The van der Waals surface area contributed by atoms with Gasteiger partial charge in [-0.25, -0.2) is 0 Å². The zero-order chi connectivity index (χ0) is 18.7. The average molecular weight is 431 g/mol. The first kappa shape index (κ1) is 20.4. The van der Waals surface area contributed by atoms with Crippen molar-refractivity contribution >= 4 is 35.6 Å². The minimum atomic E-state index is -3.63. The van der Waals surface area contributed by atoms with Crippen LogP contribution in [0.2, 0.25) is 0 Å². The maximum absolute atomic E-state index is 13.2. The van der Waals surface area contributed by atoms with Crippen molar-refractivity contribution in [3.63, 3.8) is 0 Å². The second-order valence-electron chi connectivity index (χ2n) is 6.25. The van der Waals surface area contributed by atoms with Crippen molar-refractivity contribution in [2.75, 3.05) is 13.2 Å². The number of cyclic esters (lactones) is 1. The van der Waals surface area contributed by atoms with Crippen LogP contribution in [0.15, 0.2) is 34.8 Å². The van der Waals surface area contributed by atoms with Crippen LogP contribution in [-0.2, 0) is 23.1 Å². The van der Waals surface area contributed by atoms with Gasteiger partial charge in [-0.15, -0.1) is 0 Å². The van der Waals surface area contributed by atoms with Crippen LogP contribution in [0.25, 0.3) is 6.08 Å². The summed E-state index contributed by atoms with van der Waals surface area (Å²) in [5.41, 5.74) is -0.816. The Kier molecular flexibility index (Phi) is 6.66. The van der Waals surface area contributed by atoms with Crippen LogP contribution >= 0.6 is 23.5 Å². The molecular formula is C18H24BrO5P. The van der Waals surface area contributed by atoms with E-state index >= 15 is 0 Å². The lowest BCUT2D eigenvalue weighted by molar-refractivity contribution is -0.146. The molecule has 1 saturated heterocycles. The highest BCUT2D eigenvalue weighted by Crippen LogP contribution is 2.60. The van der Waals surface area contributed by atoms with E-state index in [1.165, 1.54) is 0 Å². The third-order valence-corrected chi connectivity index (χ3v) is 7.27. The van der Waals surface area contributed by atoms with Crippen molar-refractivity contribution in [3.8, 4) is 0 Å². The first-order valence-electron chi connectivity index (χ1n) is 8.29. The molecule has 1 aliphatic heterocycles. The normalized spacial score (nSPS) is 23.2. The summed E-state index contributed by atoms with van der Waals surface area (Å²) in [6, 6.07) is 7.73. The third kappa shape index (κ3) is 4.43. The van der Waals surface area contributed by atoms with Gasteiger partial charge in [-0.2, -0.15) is 0 Å². The van der Waals surface area contributed by atoms with Gasteiger partial charge >= 0.3 is 13.6 Å². The van der Waals surface area contributed by atoms with Crippen molar-refractivity contribution in [2.24, 2.45) is 5.92 Å². The molecule has 2 atom stereocenters. The van der Waals surface area contributed by atoms with Gasteiger partial charge < -0.3 is 13.8 Å². The molecule has 5 nitrogen and oxygen atoms in total. The summed E-state index contributed by atoms with van der Waals surface area (Å²) in [5.74, 6) is -0.979. The van der Waals surface area contributed by atoms with Crippen LogP contribution in [0, 0.1) is 5.92 Å². The highest BCUT2D eigenvalue weighted by Gasteiger charge is 2.58. The van der Waals surface area contributed by atoms with Crippen LogP contribution in [0.3, 0.4) is 0 Å². The summed E-state index contributed by atoms with van der Waals surface area (Å²) in [6.07, 6.45) is 3.76. The van der Waals surface area contributed by atoms with Crippen molar-refractivity contribution in [3.05, 3.63) is 40.4 Å². The van der Waals surface area contributed by atoms with E-state index in [0.717, 1.165) is 10.0 Å². The van der Waals surface area contributed by atoms with E-state index in [9.17, 15) is 9.36 Å². The van der Waals surface area contributed by atoms with Crippen molar-refractivity contribution < 1.29 is 23.1 Å². The summed E-state index contributed by atoms with van der Waals surface area (Å²) in [5, 5.41) is 0. The fourth-order valence-electron chi connectivity index (χ4n) is 2.95. The minimum absolute atomic E-state index is 0.197. The van der Waals surface area contributed by atoms with E-state index in [4.69, 9.17) is 13.8 Å². The third-order valence-electron chi connectivity index (χ3n) is 4.10. The number of rotatable bonds is 7. The molecule has 0 bridgehead atoms. The molecule has 1 aliphatic rings. The molecule has 1 fully saturated rings. The molecule has 0 aromatic heterocycles. The number of hydrogen-bond donors (Lipinski definition) is 0. The quantitative estimate of drug-likeness (QED) is 0.447. The maximum atomic E-state index is 13.2. The van der Waals surface area contributed by atoms with E-state index < -0.39 is 30.7 Å². The van der Waals surface area contributed by atoms with Crippen LogP contribution in [0.5, 0.6) is 0 Å². The largest absolute Gasteiger partial charge is 0.458 e. The molecule has 0 saturated carbocycles. The SMILES string of the molecule is CCOP(=O)(OCC)C1C(=O)OC(C)(C)C1/C=C\c1ccccc1Br. The van der Waals surface area contributed by atoms with Gasteiger partial charge in [-0.3, -0.25) is 9.36 Å². The van der Waals surface area contributed by atoms with Gasteiger partial charge in [0.15, 0.2) is 5.66 Å². The number of benzene rings is 1. The number of halogens is 1. The van der Waals surface area contributed by atoms with Gasteiger partial charge in [0.05, 0.1) is 13.2 Å². The molecule has 1 aromatic rings. The maximum Gasteiger partial charge on any atom is 0.345 e. The monoisotopic (exact) mass is 430 g/mol. The molecule has 2 unspecified atom stereocenters. The zero-order valence-electron chi connectivity index (χ0n) is 14.9. The van der Waals surface area contributed by atoms with E-state index in [0.29, 0.717) is 0 Å². The van der Waals surface area contributed by atoms with Crippen LogP contribution in [-0.4, -0.2) is 30.4 Å². The van der Waals surface area contributed by atoms with E-state index in [2.05, 4.69) is 15.9 Å². The second kappa shape index (κ2) is 8.17. The van der Waals surface area contributed by atoms with Gasteiger partial charge in [-0.1, -0.05) is 46.3 Å². The first-order valence-corrected chi connectivity index (χ1v) is 10.7. The smallest absolute Gasteiger partial charge is 0.345 e. The molecule has 7 heteroatoms. The van der Waals surface area contributed by atoms with Gasteiger partial charge in [0.25, 0.3) is 0 Å². The van der Waals surface area contributed by atoms with Gasteiger partial charge in [0.1, 0.15) is 5.60 Å². The van der Waals surface area contributed by atoms with E-state index in [1.807, 2.05) is 50.3 Å². The molecule has 0 radical (unpaired) electrons. The number of ether oxygens (including phenoxy) is 1. The lowest BCUT2D eigenvalue weighted by atomic mass is 9.89. The number of esters is 1. The lowest BCUT2D eigenvalue weighted by Gasteiger charge is -2.27. The lowest BCUT2D eigenvalue weighted by Crippen LogP contribution is -2.31. The Labute approximate surface area is 157 Å². The molecule has 0 spiro atoms. The van der Waals surface area contributed by atoms with Crippen LogP contribution in [0.4, 0.5) is 0 Å². The molecule has 2 rings (SSSR count). The second-order valence-corrected chi connectivity index (χ2v) is 9.26. The minimum Gasteiger partial charge on any atom is -0.458 e. The summed E-state index contributed by atoms with van der Waals surface area (Å²) >= 11 is 3.50. The Hall–Kier alpha value is -0.940. The van der Waals surface area contributed by atoms with E-state index in [1.54, 1.807) is 13.8 Å². The Bertz CT molecular complexity index is 690. The fourth-order valence-corrected chi connectivity index (χ4v) is 5.65. The highest BCUT2D eigenvalue weighted by atomic mass is 79.9. The molecular weight excluding hydrogens is 407 g/mol. The molecule has 0 amide bonds. The van der Waals surface area contributed by atoms with Gasteiger partial charge in [0, 0.05) is 10.4 Å². The Morgan fingerprint density at radius 1 is 1.24 bits per heavy atom. The molecule has 1 heterocycles. The summed E-state index contributed by atoms with van der Waals surface area (Å²) in [7, 11) is -3.63. The molecule has 25 heavy (non-hydrogen) atoms. The predicted molar refractivity (Wildman–Crippen MR) is 101 cm³/mol. The topological polar surface area (TPSA) is 61.8 Å². The zero-order valence-corrected chi connectivity index (χ0v) is 17.4. The van der Waals surface area contributed by atoms with Gasteiger partial charge in [0.2, 0.25) is 0 Å². The molecule has 1 aromatic carbocycles. The highest BCUT2D eigenvalue weighted by molar-refractivity contribution is 9.10. The predicted octanol–water partition coefficient (Wildman–Crippen LogP) is 5.05. The Morgan fingerprint density at radius 2 is 1.84 bits per heavy atom. The molecule has 138 valence electrons. The van der Waals surface area contributed by atoms with Crippen molar-refractivity contribution in [1.82, 2.24) is 0 Å². The summed E-state index contributed by atoms with van der Waals surface area (Å²) in [4.78, 5) is 12.5. The first-order chi connectivity index (χ1) is 11.7. The average Bonchev–Trinajstić information content (AvgIpc) is 2.76. The number of hydrogen-bond acceptors (Lipinski definition) is 5. The van der Waals surface area contributed by atoms with E-state index in [-0.39, 0.29) is 13.2 Å².